The van der Waals surface area contributed by atoms with Crippen molar-refractivity contribution in [2.24, 2.45) is 11.8 Å². The minimum absolute atomic E-state index is 0.0171. The summed E-state index contributed by atoms with van der Waals surface area (Å²) in [6.45, 7) is 4.87. The largest absolute Gasteiger partial charge is 0.398 e. The third kappa shape index (κ3) is 2.84. The summed E-state index contributed by atoms with van der Waals surface area (Å²) in [4.78, 5) is 11.3. The van der Waals surface area contributed by atoms with Crippen LogP contribution in [0.3, 0.4) is 0 Å². The number of hydrogen-bond acceptors (Lipinski definition) is 3. The maximum atomic E-state index is 11.3. The highest BCUT2D eigenvalue weighted by molar-refractivity contribution is 5.99. The number of carbonyl (C=O) groups excluding carboxylic acids is 1. The first kappa shape index (κ1) is 12.9. The molecule has 18 heavy (non-hydrogen) atoms. The summed E-state index contributed by atoms with van der Waals surface area (Å²) in [6.07, 6.45) is 4.01. The summed E-state index contributed by atoms with van der Waals surface area (Å²) in [5.41, 5.74) is 8.05. The number of nitrogen functional groups attached to an aromatic ring is 1. The Morgan fingerprint density at radius 1 is 1.44 bits per heavy atom. The normalized spacial score (nSPS) is 23.0. The molecule has 3 heteroatoms. The van der Waals surface area contributed by atoms with Gasteiger partial charge in [0.15, 0.2) is 5.78 Å². The maximum Gasteiger partial charge on any atom is 0.161 e. The third-order valence-electron chi connectivity index (χ3n) is 4.04. The van der Waals surface area contributed by atoms with Crippen molar-refractivity contribution in [1.82, 2.24) is 0 Å². The molecule has 3 nitrogen and oxygen atoms in total. The van der Waals surface area contributed by atoms with Crippen LogP contribution >= 0.6 is 0 Å². The molecule has 0 radical (unpaired) electrons. The number of hydrogen-bond donors (Lipinski definition) is 2. The fraction of sp³-hybridized carbons (Fsp3) is 0.533. The Bertz CT molecular complexity index is 442. The lowest BCUT2D eigenvalue weighted by molar-refractivity contribution is 0.101. The first-order valence-electron chi connectivity index (χ1n) is 6.72. The molecule has 0 amide bonds. The molecular formula is C15H22N2O. The molecule has 0 bridgehead atoms. The Labute approximate surface area is 109 Å². The summed E-state index contributed by atoms with van der Waals surface area (Å²) in [6, 6.07) is 5.60. The van der Waals surface area contributed by atoms with E-state index in [0.29, 0.717) is 11.3 Å². The van der Waals surface area contributed by atoms with Crippen LogP contribution in [-0.4, -0.2) is 12.3 Å². The van der Waals surface area contributed by atoms with Crippen LogP contribution in [0.4, 0.5) is 11.4 Å². The molecule has 1 aromatic carbocycles. The quantitative estimate of drug-likeness (QED) is 0.633. The van der Waals surface area contributed by atoms with E-state index in [0.717, 1.165) is 24.1 Å². The van der Waals surface area contributed by atoms with Crippen LogP contribution in [0.15, 0.2) is 18.2 Å². The van der Waals surface area contributed by atoms with Gasteiger partial charge in [-0.3, -0.25) is 4.79 Å². The van der Waals surface area contributed by atoms with Crippen LogP contribution in [0.5, 0.6) is 0 Å². The lowest BCUT2D eigenvalue weighted by Gasteiger charge is -2.17. The first-order valence-corrected chi connectivity index (χ1v) is 6.72. The molecule has 98 valence electrons. The van der Waals surface area contributed by atoms with Gasteiger partial charge in [-0.2, -0.15) is 0 Å². The summed E-state index contributed by atoms with van der Waals surface area (Å²) in [5.74, 6) is 1.59. The summed E-state index contributed by atoms with van der Waals surface area (Å²) < 4.78 is 0. The zero-order chi connectivity index (χ0) is 13.1. The molecule has 0 spiro atoms. The highest BCUT2D eigenvalue weighted by atomic mass is 16.1. The fourth-order valence-corrected chi connectivity index (χ4v) is 2.77. The summed E-state index contributed by atoms with van der Waals surface area (Å²) in [7, 11) is 0. The average molecular weight is 246 g/mol. The predicted octanol–water partition coefficient (Wildman–Crippen LogP) is 3.32. The third-order valence-corrected chi connectivity index (χ3v) is 4.04. The number of nitrogens with one attached hydrogen (secondary N) is 1. The molecule has 0 aliphatic heterocycles. The van der Waals surface area contributed by atoms with Crippen LogP contribution in [-0.2, 0) is 0 Å². The van der Waals surface area contributed by atoms with Crippen LogP contribution in [0.25, 0.3) is 0 Å². The van der Waals surface area contributed by atoms with Gasteiger partial charge in [-0.15, -0.1) is 0 Å². The van der Waals surface area contributed by atoms with E-state index < -0.39 is 0 Å². The van der Waals surface area contributed by atoms with Crippen LogP contribution < -0.4 is 11.1 Å². The van der Waals surface area contributed by atoms with Crippen LogP contribution in [0.2, 0.25) is 0 Å². The van der Waals surface area contributed by atoms with Gasteiger partial charge in [-0.1, -0.05) is 19.8 Å². The number of ketones is 1. The highest BCUT2D eigenvalue weighted by Crippen LogP contribution is 2.31. The zero-order valence-electron chi connectivity index (χ0n) is 11.2. The van der Waals surface area contributed by atoms with E-state index >= 15 is 0 Å². The Hall–Kier alpha value is -1.51. The predicted molar refractivity (Wildman–Crippen MR) is 75.9 cm³/mol. The topological polar surface area (TPSA) is 55.1 Å². The molecule has 2 atom stereocenters. The zero-order valence-corrected chi connectivity index (χ0v) is 11.2. The molecule has 2 rings (SSSR count). The number of nitrogens with two attached hydrogens (primary N) is 1. The van der Waals surface area contributed by atoms with Gasteiger partial charge in [0.2, 0.25) is 0 Å². The SMILES string of the molecule is CC(=O)c1ccc(NCC2CCCC2C)cc1N. The number of anilines is 2. The molecule has 1 aliphatic carbocycles. The Kier molecular flexibility index (Phi) is 3.90. The second-order valence-corrected chi connectivity index (χ2v) is 5.41. The standard InChI is InChI=1S/C15H22N2O/c1-10-4-3-5-12(10)9-17-13-6-7-14(11(2)18)15(16)8-13/h6-8,10,12,17H,3-5,9,16H2,1-2H3. The van der Waals surface area contributed by atoms with E-state index in [2.05, 4.69) is 12.2 Å². The summed E-state index contributed by atoms with van der Waals surface area (Å²) in [5, 5.41) is 3.43. The molecule has 3 N–H and O–H groups in total. The van der Waals surface area contributed by atoms with Crippen molar-refractivity contribution in [3.05, 3.63) is 23.8 Å². The Balaban J connectivity index is 1.98. The first-order chi connectivity index (χ1) is 8.58. The van der Waals surface area contributed by atoms with Crippen molar-refractivity contribution in [2.45, 2.75) is 33.1 Å². The molecule has 1 saturated carbocycles. The van der Waals surface area contributed by atoms with Crippen molar-refractivity contribution in [2.75, 3.05) is 17.6 Å². The van der Waals surface area contributed by atoms with Gasteiger partial charge in [0.05, 0.1) is 0 Å². The van der Waals surface area contributed by atoms with E-state index in [1.165, 1.54) is 19.3 Å². The molecule has 2 unspecified atom stereocenters. The van der Waals surface area contributed by atoms with Crippen molar-refractivity contribution in [3.8, 4) is 0 Å². The van der Waals surface area contributed by atoms with Gasteiger partial charge in [0.1, 0.15) is 0 Å². The van der Waals surface area contributed by atoms with Crippen LogP contribution in [0, 0.1) is 11.8 Å². The van der Waals surface area contributed by atoms with Crippen molar-refractivity contribution in [1.29, 1.82) is 0 Å². The summed E-state index contributed by atoms with van der Waals surface area (Å²) >= 11 is 0. The number of carbonyl (C=O) groups is 1. The number of rotatable bonds is 4. The smallest absolute Gasteiger partial charge is 0.161 e. The Morgan fingerprint density at radius 3 is 2.78 bits per heavy atom. The molecule has 1 aromatic rings. The van der Waals surface area contributed by atoms with Crippen molar-refractivity contribution in [3.63, 3.8) is 0 Å². The lowest BCUT2D eigenvalue weighted by Crippen LogP contribution is -2.16. The van der Waals surface area contributed by atoms with Gasteiger partial charge in [-0.25, -0.2) is 0 Å². The van der Waals surface area contributed by atoms with E-state index in [1.807, 2.05) is 12.1 Å². The molecule has 0 aromatic heterocycles. The molecule has 0 saturated heterocycles. The second kappa shape index (κ2) is 5.42. The van der Waals surface area contributed by atoms with Crippen LogP contribution in [0.1, 0.15) is 43.5 Å². The van der Waals surface area contributed by atoms with Gasteiger partial charge in [0.25, 0.3) is 0 Å². The number of Topliss-reactive ketones (excluding diaryl/α,β-unsaturated/α-hetero) is 1. The second-order valence-electron chi connectivity index (χ2n) is 5.41. The van der Waals surface area contributed by atoms with E-state index in [4.69, 9.17) is 5.73 Å². The molecule has 0 heterocycles. The highest BCUT2D eigenvalue weighted by Gasteiger charge is 2.22. The van der Waals surface area contributed by atoms with E-state index in [-0.39, 0.29) is 5.78 Å². The molecular weight excluding hydrogens is 224 g/mol. The van der Waals surface area contributed by atoms with Crippen molar-refractivity contribution < 1.29 is 4.79 Å². The monoisotopic (exact) mass is 246 g/mol. The fourth-order valence-electron chi connectivity index (χ4n) is 2.77. The lowest BCUT2D eigenvalue weighted by atomic mass is 9.98. The van der Waals surface area contributed by atoms with Crippen molar-refractivity contribution >= 4 is 17.2 Å². The Morgan fingerprint density at radius 2 is 2.22 bits per heavy atom. The molecule has 1 aliphatic rings. The van der Waals surface area contributed by atoms with E-state index in [1.54, 1.807) is 13.0 Å². The maximum absolute atomic E-state index is 11.3. The van der Waals surface area contributed by atoms with Gasteiger partial charge >= 0.3 is 0 Å². The molecule has 1 fully saturated rings. The van der Waals surface area contributed by atoms with Gasteiger partial charge in [0, 0.05) is 23.5 Å². The van der Waals surface area contributed by atoms with E-state index in [9.17, 15) is 4.79 Å². The van der Waals surface area contributed by atoms with Gasteiger partial charge in [-0.05, 0) is 43.4 Å². The minimum Gasteiger partial charge on any atom is -0.398 e. The minimum atomic E-state index is 0.0171. The average Bonchev–Trinajstić information content (AvgIpc) is 2.72. The van der Waals surface area contributed by atoms with Gasteiger partial charge < -0.3 is 11.1 Å². The number of benzene rings is 1.